The molecule has 2 N–H and O–H groups in total. The normalized spacial score (nSPS) is 14.7. The van der Waals surface area contributed by atoms with E-state index in [9.17, 15) is 13.2 Å². The Morgan fingerprint density at radius 1 is 1.20 bits per heavy atom. The summed E-state index contributed by atoms with van der Waals surface area (Å²) >= 11 is 0. The molecule has 1 fully saturated rings. The molecule has 0 spiro atoms. The van der Waals surface area contributed by atoms with Crippen molar-refractivity contribution in [2.75, 3.05) is 31.5 Å². The SMILES string of the molecule is Cc1ccc(C(=O)NCCNc2ncccc2C#N)cc1S(=O)(=O)N1CCCCC1. The van der Waals surface area contributed by atoms with Gasteiger partial charge in [0.2, 0.25) is 10.0 Å². The highest BCUT2D eigenvalue weighted by Gasteiger charge is 2.28. The first-order valence-electron chi connectivity index (χ1n) is 9.91. The largest absolute Gasteiger partial charge is 0.367 e. The van der Waals surface area contributed by atoms with Gasteiger partial charge in [-0.25, -0.2) is 13.4 Å². The average molecular weight is 428 g/mol. The zero-order valence-corrected chi connectivity index (χ0v) is 17.7. The minimum absolute atomic E-state index is 0.183. The zero-order chi connectivity index (χ0) is 21.6. The third-order valence-corrected chi connectivity index (χ3v) is 7.05. The fourth-order valence-electron chi connectivity index (χ4n) is 3.36. The number of hydrogen-bond donors (Lipinski definition) is 2. The van der Waals surface area contributed by atoms with Gasteiger partial charge in [-0.2, -0.15) is 9.57 Å². The van der Waals surface area contributed by atoms with Crippen molar-refractivity contribution in [3.63, 3.8) is 0 Å². The van der Waals surface area contributed by atoms with E-state index >= 15 is 0 Å². The number of aryl methyl sites for hydroxylation is 1. The molecular weight excluding hydrogens is 402 g/mol. The third-order valence-electron chi connectivity index (χ3n) is 5.01. The highest BCUT2D eigenvalue weighted by molar-refractivity contribution is 7.89. The Hall–Kier alpha value is -2.96. The van der Waals surface area contributed by atoms with Crippen LogP contribution >= 0.6 is 0 Å². The fraction of sp³-hybridized carbons (Fsp3) is 0.381. The van der Waals surface area contributed by atoms with Crippen molar-refractivity contribution < 1.29 is 13.2 Å². The summed E-state index contributed by atoms with van der Waals surface area (Å²) in [5.74, 6) is 0.105. The summed E-state index contributed by atoms with van der Waals surface area (Å²) in [5, 5.41) is 14.8. The summed E-state index contributed by atoms with van der Waals surface area (Å²) in [6.45, 7) is 3.44. The van der Waals surface area contributed by atoms with E-state index in [2.05, 4.69) is 21.7 Å². The molecule has 0 bridgehead atoms. The Balaban J connectivity index is 1.64. The van der Waals surface area contributed by atoms with Crippen LogP contribution in [0.4, 0.5) is 5.82 Å². The maximum Gasteiger partial charge on any atom is 0.251 e. The molecule has 1 aromatic carbocycles. The van der Waals surface area contributed by atoms with E-state index in [0.717, 1.165) is 19.3 Å². The molecular formula is C21H25N5O3S. The second-order valence-corrected chi connectivity index (χ2v) is 9.05. The highest BCUT2D eigenvalue weighted by Crippen LogP contribution is 2.24. The molecule has 2 heterocycles. The zero-order valence-electron chi connectivity index (χ0n) is 16.9. The molecule has 8 nitrogen and oxygen atoms in total. The van der Waals surface area contributed by atoms with Crippen molar-refractivity contribution >= 4 is 21.7 Å². The first-order chi connectivity index (χ1) is 14.4. The van der Waals surface area contributed by atoms with E-state index in [4.69, 9.17) is 5.26 Å². The van der Waals surface area contributed by atoms with Crippen molar-refractivity contribution in [1.29, 1.82) is 5.26 Å². The lowest BCUT2D eigenvalue weighted by Crippen LogP contribution is -2.36. The van der Waals surface area contributed by atoms with E-state index in [1.165, 1.54) is 10.4 Å². The molecule has 0 unspecified atom stereocenters. The lowest BCUT2D eigenvalue weighted by atomic mass is 10.1. The number of sulfonamides is 1. The minimum Gasteiger partial charge on any atom is -0.367 e. The van der Waals surface area contributed by atoms with Gasteiger partial charge in [0.05, 0.1) is 10.5 Å². The van der Waals surface area contributed by atoms with Gasteiger partial charge in [-0.1, -0.05) is 12.5 Å². The summed E-state index contributed by atoms with van der Waals surface area (Å²) < 4.78 is 27.5. The number of benzene rings is 1. The van der Waals surface area contributed by atoms with Gasteiger partial charge in [0, 0.05) is 37.9 Å². The predicted molar refractivity (Wildman–Crippen MR) is 114 cm³/mol. The molecule has 0 saturated carbocycles. The number of carbonyl (C=O) groups excluding carboxylic acids is 1. The lowest BCUT2D eigenvalue weighted by Gasteiger charge is -2.26. The Kier molecular flexibility index (Phi) is 7.03. The maximum atomic E-state index is 13.0. The van der Waals surface area contributed by atoms with Gasteiger partial charge in [0.15, 0.2) is 0 Å². The third kappa shape index (κ3) is 4.96. The minimum atomic E-state index is -3.62. The lowest BCUT2D eigenvalue weighted by molar-refractivity contribution is 0.0955. The molecule has 158 valence electrons. The molecule has 3 rings (SSSR count). The first-order valence-corrected chi connectivity index (χ1v) is 11.4. The van der Waals surface area contributed by atoms with Gasteiger partial charge in [-0.3, -0.25) is 4.79 Å². The number of rotatable bonds is 7. The van der Waals surface area contributed by atoms with Gasteiger partial charge in [-0.15, -0.1) is 0 Å². The predicted octanol–water partition coefficient (Wildman–Crippen LogP) is 2.28. The number of nitrogens with zero attached hydrogens (tertiary/aromatic N) is 3. The molecule has 1 saturated heterocycles. The maximum absolute atomic E-state index is 13.0. The van der Waals surface area contributed by atoms with E-state index in [1.54, 1.807) is 37.4 Å². The van der Waals surface area contributed by atoms with Crippen LogP contribution in [0.15, 0.2) is 41.4 Å². The molecule has 0 aliphatic carbocycles. The molecule has 1 aromatic heterocycles. The van der Waals surface area contributed by atoms with Crippen molar-refractivity contribution in [3.8, 4) is 6.07 Å². The number of piperidine rings is 1. The van der Waals surface area contributed by atoms with Gasteiger partial charge in [-0.05, 0) is 49.6 Å². The van der Waals surface area contributed by atoms with Crippen molar-refractivity contribution in [1.82, 2.24) is 14.6 Å². The smallest absolute Gasteiger partial charge is 0.251 e. The molecule has 1 aliphatic heterocycles. The number of nitrogens with one attached hydrogen (secondary N) is 2. The van der Waals surface area contributed by atoms with E-state index < -0.39 is 10.0 Å². The molecule has 1 amide bonds. The second kappa shape index (κ2) is 9.69. The van der Waals surface area contributed by atoms with Crippen LogP contribution in [0.3, 0.4) is 0 Å². The van der Waals surface area contributed by atoms with Crippen LogP contribution in [0.5, 0.6) is 0 Å². The molecule has 9 heteroatoms. The van der Waals surface area contributed by atoms with Crippen LogP contribution in [0, 0.1) is 18.3 Å². The van der Waals surface area contributed by atoms with Crippen molar-refractivity contribution in [2.45, 2.75) is 31.1 Å². The van der Waals surface area contributed by atoms with Crippen LogP contribution in [-0.2, 0) is 10.0 Å². The van der Waals surface area contributed by atoms with Gasteiger partial charge in [0.1, 0.15) is 11.9 Å². The Labute approximate surface area is 177 Å². The van der Waals surface area contributed by atoms with E-state index in [0.29, 0.717) is 48.7 Å². The van der Waals surface area contributed by atoms with Gasteiger partial charge in [0.25, 0.3) is 5.91 Å². The van der Waals surface area contributed by atoms with Crippen molar-refractivity contribution in [3.05, 3.63) is 53.2 Å². The summed E-state index contributed by atoms with van der Waals surface area (Å²) in [6.07, 6.45) is 4.33. The molecule has 0 radical (unpaired) electrons. The Bertz CT molecular complexity index is 1060. The quantitative estimate of drug-likeness (QED) is 0.655. The number of hydrogen-bond acceptors (Lipinski definition) is 6. The summed E-state index contributed by atoms with van der Waals surface area (Å²) in [7, 11) is -3.62. The number of nitriles is 1. The molecule has 1 aliphatic rings. The number of aromatic nitrogens is 1. The van der Waals surface area contributed by atoms with Crippen LogP contribution in [0.2, 0.25) is 0 Å². The number of anilines is 1. The molecule has 30 heavy (non-hydrogen) atoms. The molecule has 2 aromatic rings. The topological polar surface area (TPSA) is 115 Å². The van der Waals surface area contributed by atoms with Crippen LogP contribution < -0.4 is 10.6 Å². The van der Waals surface area contributed by atoms with Crippen molar-refractivity contribution in [2.24, 2.45) is 0 Å². The van der Waals surface area contributed by atoms with Crippen LogP contribution in [-0.4, -0.2) is 49.8 Å². The highest BCUT2D eigenvalue weighted by atomic mass is 32.2. The van der Waals surface area contributed by atoms with Gasteiger partial charge >= 0.3 is 0 Å². The number of carbonyl (C=O) groups is 1. The van der Waals surface area contributed by atoms with Gasteiger partial charge < -0.3 is 10.6 Å². The Morgan fingerprint density at radius 3 is 2.70 bits per heavy atom. The number of amides is 1. The monoisotopic (exact) mass is 427 g/mol. The van der Waals surface area contributed by atoms with Crippen LogP contribution in [0.25, 0.3) is 0 Å². The number of pyridine rings is 1. The van der Waals surface area contributed by atoms with E-state index in [-0.39, 0.29) is 10.8 Å². The standard InChI is InChI=1S/C21H25N5O3S/c1-16-7-8-17(14-19(16)30(28,29)26-12-3-2-4-13-26)21(27)25-11-10-24-20-18(15-22)6-5-9-23-20/h5-9,14H,2-4,10-13H2,1H3,(H,23,24)(H,25,27). The van der Waals surface area contributed by atoms with E-state index in [1.807, 2.05) is 0 Å². The fourth-order valence-corrected chi connectivity index (χ4v) is 5.13. The summed E-state index contributed by atoms with van der Waals surface area (Å²) in [6, 6.07) is 10.1. The average Bonchev–Trinajstić information content (AvgIpc) is 2.77. The second-order valence-electron chi connectivity index (χ2n) is 7.14. The summed E-state index contributed by atoms with van der Waals surface area (Å²) in [4.78, 5) is 16.8. The van der Waals surface area contributed by atoms with Crippen LogP contribution in [0.1, 0.15) is 40.7 Å². The molecule has 0 atom stereocenters. The summed E-state index contributed by atoms with van der Waals surface area (Å²) in [5.41, 5.74) is 1.35. The Morgan fingerprint density at radius 2 is 1.97 bits per heavy atom. The first kappa shape index (κ1) is 21.7.